The zero-order valence-electron chi connectivity index (χ0n) is 11.5. The number of carbonyl (C=O) groups is 1. The average Bonchev–Trinajstić information content (AvgIpc) is 2.53. The van der Waals surface area contributed by atoms with Gasteiger partial charge in [0.1, 0.15) is 6.04 Å². The largest absolute Gasteiger partial charge is 0.480 e. The summed E-state index contributed by atoms with van der Waals surface area (Å²) in [6.45, 7) is 5.58. The number of carboxylic acid groups (broad SMARTS) is 1. The average molecular weight is 271 g/mol. The molecule has 0 amide bonds. The van der Waals surface area contributed by atoms with Gasteiger partial charge in [0.2, 0.25) is 0 Å². The van der Waals surface area contributed by atoms with E-state index < -0.39 is 5.97 Å². The Hall–Kier alpha value is -0.220. The molecule has 2 unspecified atom stereocenters. The third-order valence-electron chi connectivity index (χ3n) is 4.55. The van der Waals surface area contributed by atoms with Crippen molar-refractivity contribution in [3.05, 3.63) is 0 Å². The summed E-state index contributed by atoms with van der Waals surface area (Å²) in [5.74, 6) is 1.69. The van der Waals surface area contributed by atoms with Crippen molar-refractivity contribution in [1.82, 2.24) is 4.90 Å². The molecule has 104 valence electrons. The summed E-state index contributed by atoms with van der Waals surface area (Å²) in [6, 6.07) is 0.172. The van der Waals surface area contributed by atoms with Crippen molar-refractivity contribution in [2.24, 2.45) is 5.41 Å². The van der Waals surface area contributed by atoms with Gasteiger partial charge in [-0.3, -0.25) is 9.69 Å². The topological polar surface area (TPSA) is 40.5 Å². The van der Waals surface area contributed by atoms with E-state index >= 15 is 0 Å². The van der Waals surface area contributed by atoms with Gasteiger partial charge in [0, 0.05) is 11.8 Å². The normalized spacial score (nSPS) is 33.9. The van der Waals surface area contributed by atoms with Gasteiger partial charge in [0.25, 0.3) is 0 Å². The minimum absolute atomic E-state index is 0.253. The summed E-state index contributed by atoms with van der Waals surface area (Å²) in [4.78, 5) is 13.8. The molecule has 0 bridgehead atoms. The predicted molar refractivity (Wildman–Crippen MR) is 76.1 cm³/mol. The zero-order chi connectivity index (χ0) is 13.2. The van der Waals surface area contributed by atoms with Gasteiger partial charge in [-0.15, -0.1) is 0 Å². The third-order valence-corrected chi connectivity index (χ3v) is 5.59. The first-order chi connectivity index (χ1) is 8.52. The van der Waals surface area contributed by atoms with E-state index in [1.807, 2.05) is 11.8 Å². The van der Waals surface area contributed by atoms with Gasteiger partial charge in [0.15, 0.2) is 0 Å². The Bertz CT molecular complexity index is 306. The van der Waals surface area contributed by atoms with Gasteiger partial charge in [-0.05, 0) is 37.0 Å². The third kappa shape index (κ3) is 3.02. The number of likely N-dealkylation sites (tertiary alicyclic amines) is 1. The zero-order valence-corrected chi connectivity index (χ0v) is 12.3. The number of hydrogen-bond acceptors (Lipinski definition) is 3. The van der Waals surface area contributed by atoms with Crippen molar-refractivity contribution < 1.29 is 9.90 Å². The van der Waals surface area contributed by atoms with Crippen LogP contribution in [0.5, 0.6) is 0 Å². The van der Waals surface area contributed by atoms with Crippen LogP contribution in [0.1, 0.15) is 46.0 Å². The fourth-order valence-electron chi connectivity index (χ4n) is 3.24. The summed E-state index contributed by atoms with van der Waals surface area (Å²) in [5.41, 5.74) is 0.253. The highest BCUT2D eigenvalue weighted by atomic mass is 32.2. The first-order valence-corrected chi connectivity index (χ1v) is 8.24. The van der Waals surface area contributed by atoms with Gasteiger partial charge < -0.3 is 5.11 Å². The van der Waals surface area contributed by atoms with Gasteiger partial charge in [-0.2, -0.15) is 11.8 Å². The Morgan fingerprint density at radius 1 is 1.33 bits per heavy atom. The van der Waals surface area contributed by atoms with Crippen LogP contribution in [0.4, 0.5) is 0 Å². The van der Waals surface area contributed by atoms with Crippen molar-refractivity contribution in [1.29, 1.82) is 0 Å². The Balaban J connectivity index is 2.18. The smallest absolute Gasteiger partial charge is 0.320 e. The van der Waals surface area contributed by atoms with Crippen LogP contribution < -0.4 is 0 Å². The molecule has 0 aromatic rings. The first-order valence-electron chi connectivity index (χ1n) is 7.09. The molecule has 0 saturated carbocycles. The quantitative estimate of drug-likeness (QED) is 0.838. The monoisotopic (exact) mass is 271 g/mol. The van der Waals surface area contributed by atoms with E-state index in [9.17, 15) is 9.90 Å². The predicted octanol–water partition coefficient (Wildman–Crippen LogP) is 2.85. The number of carboxylic acids is 1. The maximum atomic E-state index is 11.5. The molecule has 3 nitrogen and oxygen atoms in total. The highest BCUT2D eigenvalue weighted by Gasteiger charge is 2.41. The van der Waals surface area contributed by atoms with Crippen LogP contribution in [0.3, 0.4) is 0 Å². The number of thioether (sulfide) groups is 1. The van der Waals surface area contributed by atoms with Crippen LogP contribution in [-0.4, -0.2) is 46.1 Å². The van der Waals surface area contributed by atoms with Crippen molar-refractivity contribution in [2.75, 3.05) is 18.1 Å². The van der Waals surface area contributed by atoms with E-state index in [1.165, 1.54) is 18.6 Å². The summed E-state index contributed by atoms with van der Waals surface area (Å²) in [7, 11) is 0. The second-order valence-corrected chi connectivity index (χ2v) is 7.42. The second-order valence-electron chi connectivity index (χ2n) is 6.27. The molecule has 2 atom stereocenters. The molecule has 2 fully saturated rings. The Labute approximate surface area is 114 Å². The lowest BCUT2D eigenvalue weighted by molar-refractivity contribution is -0.145. The minimum Gasteiger partial charge on any atom is -0.480 e. The first kappa shape index (κ1) is 14.2. The molecule has 2 saturated heterocycles. The molecule has 2 heterocycles. The van der Waals surface area contributed by atoms with Crippen LogP contribution >= 0.6 is 11.8 Å². The second kappa shape index (κ2) is 5.83. The maximum absolute atomic E-state index is 11.5. The lowest BCUT2D eigenvalue weighted by Gasteiger charge is -2.46. The molecule has 0 radical (unpaired) electrons. The summed E-state index contributed by atoms with van der Waals surface area (Å²) >= 11 is 1.98. The van der Waals surface area contributed by atoms with Gasteiger partial charge >= 0.3 is 5.97 Å². The number of rotatable bonds is 2. The van der Waals surface area contributed by atoms with Gasteiger partial charge in [0.05, 0.1) is 0 Å². The van der Waals surface area contributed by atoms with Crippen LogP contribution in [0.25, 0.3) is 0 Å². The fourth-order valence-corrected chi connectivity index (χ4v) is 4.94. The van der Waals surface area contributed by atoms with E-state index in [-0.39, 0.29) is 11.5 Å². The molecule has 18 heavy (non-hydrogen) atoms. The van der Waals surface area contributed by atoms with Crippen molar-refractivity contribution in [3.63, 3.8) is 0 Å². The van der Waals surface area contributed by atoms with Crippen molar-refractivity contribution >= 4 is 17.7 Å². The van der Waals surface area contributed by atoms with E-state index in [0.29, 0.717) is 6.04 Å². The van der Waals surface area contributed by atoms with Crippen LogP contribution in [0.15, 0.2) is 0 Å². The molecule has 2 aliphatic heterocycles. The standard InChI is InChI=1S/C14H25NO2S/c1-14(2)7-9-18-10-12(14)15-8-5-3-4-6-11(15)13(16)17/h11-12H,3-10H2,1-2H3,(H,16,17). The van der Waals surface area contributed by atoms with E-state index in [1.54, 1.807) is 0 Å². The molecule has 4 heteroatoms. The van der Waals surface area contributed by atoms with E-state index in [0.717, 1.165) is 31.6 Å². The van der Waals surface area contributed by atoms with Crippen LogP contribution in [0, 0.1) is 5.41 Å². The molecule has 1 N–H and O–H groups in total. The number of nitrogens with zero attached hydrogens (tertiary/aromatic N) is 1. The highest BCUT2D eigenvalue weighted by Crippen LogP contribution is 2.39. The Morgan fingerprint density at radius 2 is 2.11 bits per heavy atom. The Kier molecular flexibility index (Phi) is 4.59. The highest BCUT2D eigenvalue weighted by molar-refractivity contribution is 7.99. The molecule has 0 spiro atoms. The van der Waals surface area contributed by atoms with E-state index in [4.69, 9.17) is 0 Å². The maximum Gasteiger partial charge on any atom is 0.320 e. The van der Waals surface area contributed by atoms with Gasteiger partial charge in [-0.25, -0.2) is 0 Å². The van der Waals surface area contributed by atoms with Crippen molar-refractivity contribution in [3.8, 4) is 0 Å². The lowest BCUT2D eigenvalue weighted by atomic mass is 9.80. The molecule has 0 aromatic heterocycles. The van der Waals surface area contributed by atoms with Crippen LogP contribution in [-0.2, 0) is 4.79 Å². The molecular weight excluding hydrogens is 246 g/mol. The molecular formula is C14H25NO2S. The Morgan fingerprint density at radius 3 is 2.78 bits per heavy atom. The molecule has 2 aliphatic rings. The molecule has 0 aliphatic carbocycles. The van der Waals surface area contributed by atoms with E-state index in [2.05, 4.69) is 18.7 Å². The summed E-state index contributed by atoms with van der Waals surface area (Å²) in [5, 5.41) is 9.49. The minimum atomic E-state index is -0.622. The molecule has 2 rings (SSSR count). The number of hydrogen-bond donors (Lipinski definition) is 1. The van der Waals surface area contributed by atoms with Gasteiger partial charge in [-0.1, -0.05) is 26.7 Å². The summed E-state index contributed by atoms with van der Waals surface area (Å²) in [6.07, 6.45) is 5.42. The fraction of sp³-hybridized carbons (Fsp3) is 0.929. The summed E-state index contributed by atoms with van der Waals surface area (Å²) < 4.78 is 0. The SMILES string of the molecule is CC1(C)CCSCC1N1CCCCCC1C(=O)O. The molecule has 0 aromatic carbocycles. The number of aliphatic carboxylic acids is 1. The van der Waals surface area contributed by atoms with Crippen LogP contribution in [0.2, 0.25) is 0 Å². The van der Waals surface area contributed by atoms with Crippen molar-refractivity contribution in [2.45, 2.75) is 58.0 Å². The lowest BCUT2D eigenvalue weighted by Crippen LogP contribution is -2.55.